The molecule has 25 heavy (non-hydrogen) atoms. The van der Waals surface area contributed by atoms with Gasteiger partial charge < -0.3 is 4.90 Å². The van der Waals surface area contributed by atoms with Crippen LogP contribution in [0.15, 0.2) is 29.2 Å². The minimum atomic E-state index is -3.48. The van der Waals surface area contributed by atoms with Crippen molar-refractivity contribution in [3.05, 3.63) is 29.8 Å². The molecule has 0 unspecified atom stereocenters. The third-order valence-corrected chi connectivity index (χ3v) is 7.46. The van der Waals surface area contributed by atoms with Gasteiger partial charge >= 0.3 is 0 Å². The number of aryl methyl sites for hydroxylation is 1. The number of likely N-dealkylation sites (tertiary alicyclic amines) is 1. The van der Waals surface area contributed by atoms with Gasteiger partial charge in [0.1, 0.15) is 0 Å². The van der Waals surface area contributed by atoms with Gasteiger partial charge in [0, 0.05) is 37.5 Å². The molecule has 2 aliphatic heterocycles. The summed E-state index contributed by atoms with van der Waals surface area (Å²) in [5.41, 5.74) is 0.946. The van der Waals surface area contributed by atoms with Gasteiger partial charge in [-0.1, -0.05) is 17.7 Å². The van der Waals surface area contributed by atoms with Gasteiger partial charge in [-0.05, 0) is 52.2 Å². The van der Waals surface area contributed by atoms with Crippen molar-refractivity contribution < 1.29 is 13.2 Å². The molecular weight excluding hydrogens is 336 g/mol. The molecule has 2 fully saturated rings. The maximum Gasteiger partial charge on any atom is 0.243 e. The normalized spacial score (nSPS) is 25.8. The van der Waals surface area contributed by atoms with Crippen molar-refractivity contribution in [1.29, 1.82) is 0 Å². The second-order valence-corrected chi connectivity index (χ2v) is 9.81. The van der Waals surface area contributed by atoms with E-state index >= 15 is 0 Å². The molecule has 0 aliphatic carbocycles. The SMILES string of the molecule is Cc1ccc(S(=O)(=O)N2CCC[C@]3(CCC(=O)N(C(C)C)C3)C2)cc1. The van der Waals surface area contributed by atoms with E-state index in [1.165, 1.54) is 0 Å². The van der Waals surface area contributed by atoms with Crippen molar-refractivity contribution in [2.75, 3.05) is 19.6 Å². The first-order valence-corrected chi connectivity index (χ1v) is 10.5. The number of amides is 1. The van der Waals surface area contributed by atoms with Gasteiger partial charge in [0.15, 0.2) is 0 Å². The van der Waals surface area contributed by atoms with Crippen LogP contribution in [0.4, 0.5) is 0 Å². The molecule has 1 aromatic rings. The molecular formula is C19H28N2O3S. The lowest BCUT2D eigenvalue weighted by Gasteiger charge is -2.48. The number of piperidine rings is 2. The Bertz CT molecular complexity index is 742. The van der Waals surface area contributed by atoms with E-state index < -0.39 is 10.0 Å². The zero-order chi connectivity index (χ0) is 18.2. The van der Waals surface area contributed by atoms with Gasteiger partial charge in [-0.15, -0.1) is 0 Å². The minimum absolute atomic E-state index is 0.103. The maximum absolute atomic E-state index is 13.0. The molecule has 138 valence electrons. The predicted octanol–water partition coefficient (Wildman–Crippen LogP) is 2.80. The molecule has 5 nitrogen and oxygen atoms in total. The van der Waals surface area contributed by atoms with Crippen molar-refractivity contribution >= 4 is 15.9 Å². The van der Waals surface area contributed by atoms with E-state index in [4.69, 9.17) is 0 Å². The van der Waals surface area contributed by atoms with Crippen LogP contribution in [0.5, 0.6) is 0 Å². The second kappa shape index (κ2) is 6.72. The Kier molecular flexibility index (Phi) is 4.95. The van der Waals surface area contributed by atoms with Crippen LogP contribution in [0, 0.1) is 12.3 Å². The molecule has 0 aromatic heterocycles. The van der Waals surface area contributed by atoms with Crippen LogP contribution in [0.1, 0.15) is 45.1 Å². The summed E-state index contributed by atoms with van der Waals surface area (Å²) in [6.07, 6.45) is 3.15. The van der Waals surface area contributed by atoms with Crippen LogP contribution in [0.3, 0.4) is 0 Å². The first-order chi connectivity index (χ1) is 11.7. The van der Waals surface area contributed by atoms with Gasteiger partial charge in [-0.25, -0.2) is 8.42 Å². The highest BCUT2D eigenvalue weighted by atomic mass is 32.2. The Morgan fingerprint density at radius 2 is 1.76 bits per heavy atom. The summed E-state index contributed by atoms with van der Waals surface area (Å²) in [4.78, 5) is 14.5. The van der Waals surface area contributed by atoms with E-state index in [2.05, 4.69) is 0 Å². The van der Waals surface area contributed by atoms with E-state index in [1.54, 1.807) is 16.4 Å². The van der Waals surface area contributed by atoms with E-state index in [-0.39, 0.29) is 17.4 Å². The highest BCUT2D eigenvalue weighted by Gasteiger charge is 2.44. The first-order valence-electron chi connectivity index (χ1n) is 9.10. The van der Waals surface area contributed by atoms with Crippen LogP contribution in [-0.2, 0) is 14.8 Å². The maximum atomic E-state index is 13.0. The quantitative estimate of drug-likeness (QED) is 0.829. The lowest BCUT2D eigenvalue weighted by molar-refractivity contribution is -0.140. The van der Waals surface area contributed by atoms with E-state index in [0.29, 0.717) is 31.0 Å². The predicted molar refractivity (Wildman–Crippen MR) is 97.7 cm³/mol. The molecule has 3 rings (SSSR count). The molecule has 0 bridgehead atoms. The summed E-state index contributed by atoms with van der Waals surface area (Å²) in [5.74, 6) is 0.194. The largest absolute Gasteiger partial charge is 0.340 e. The fourth-order valence-corrected chi connectivity index (χ4v) is 5.67. The number of sulfonamides is 1. The van der Waals surface area contributed by atoms with Crippen LogP contribution >= 0.6 is 0 Å². The molecule has 2 saturated heterocycles. The van der Waals surface area contributed by atoms with E-state index in [9.17, 15) is 13.2 Å². The standard InChI is InChI=1S/C19H28N2O3S/c1-15(2)21-14-19(11-9-18(21)22)10-4-12-20(13-19)25(23,24)17-7-5-16(3)6-8-17/h5-8,15H,4,9-14H2,1-3H3/t19-/m0/s1. The van der Waals surface area contributed by atoms with Crippen molar-refractivity contribution in [3.63, 3.8) is 0 Å². The Balaban J connectivity index is 1.83. The van der Waals surface area contributed by atoms with Crippen molar-refractivity contribution in [2.24, 2.45) is 5.41 Å². The van der Waals surface area contributed by atoms with Crippen LogP contribution < -0.4 is 0 Å². The number of carbonyl (C=O) groups excluding carboxylic acids is 1. The van der Waals surface area contributed by atoms with Gasteiger partial charge in [0.05, 0.1) is 4.90 Å². The summed E-state index contributed by atoms with van der Waals surface area (Å²) in [5, 5.41) is 0. The average molecular weight is 365 g/mol. The Morgan fingerprint density at radius 3 is 2.40 bits per heavy atom. The number of hydrogen-bond donors (Lipinski definition) is 0. The summed E-state index contributed by atoms with van der Waals surface area (Å²) in [6, 6.07) is 7.22. The molecule has 0 N–H and O–H groups in total. The Hall–Kier alpha value is -1.40. The Morgan fingerprint density at radius 1 is 1.08 bits per heavy atom. The van der Waals surface area contributed by atoms with Crippen LogP contribution in [0.2, 0.25) is 0 Å². The second-order valence-electron chi connectivity index (χ2n) is 7.87. The fourth-order valence-electron chi connectivity index (χ4n) is 4.08. The lowest BCUT2D eigenvalue weighted by atomic mass is 9.74. The lowest BCUT2D eigenvalue weighted by Crippen LogP contribution is -2.56. The molecule has 1 spiro atoms. The third kappa shape index (κ3) is 3.60. The molecule has 1 aromatic carbocycles. The number of nitrogens with zero attached hydrogens (tertiary/aromatic N) is 2. The van der Waals surface area contributed by atoms with E-state index in [0.717, 1.165) is 24.8 Å². The van der Waals surface area contributed by atoms with E-state index in [1.807, 2.05) is 37.8 Å². The zero-order valence-corrected chi connectivity index (χ0v) is 16.2. The highest BCUT2D eigenvalue weighted by molar-refractivity contribution is 7.89. The monoisotopic (exact) mass is 364 g/mol. The number of rotatable bonds is 3. The first kappa shape index (κ1) is 18.4. The van der Waals surface area contributed by atoms with Crippen molar-refractivity contribution in [3.8, 4) is 0 Å². The van der Waals surface area contributed by atoms with Gasteiger partial charge in [0.25, 0.3) is 0 Å². The summed E-state index contributed by atoms with van der Waals surface area (Å²) >= 11 is 0. The van der Waals surface area contributed by atoms with Crippen molar-refractivity contribution in [1.82, 2.24) is 9.21 Å². The van der Waals surface area contributed by atoms with Crippen molar-refractivity contribution in [2.45, 2.75) is 57.4 Å². The zero-order valence-electron chi connectivity index (χ0n) is 15.4. The molecule has 1 atom stereocenters. The third-order valence-electron chi connectivity index (χ3n) is 5.60. The molecule has 2 aliphatic rings. The summed E-state index contributed by atoms with van der Waals surface area (Å²) in [7, 11) is -3.48. The van der Waals surface area contributed by atoms with Gasteiger partial charge in [-0.2, -0.15) is 4.31 Å². The molecule has 6 heteroatoms. The van der Waals surface area contributed by atoms with Gasteiger partial charge in [-0.3, -0.25) is 4.79 Å². The molecule has 1 amide bonds. The molecule has 0 saturated carbocycles. The Labute approximate surface area is 151 Å². The smallest absolute Gasteiger partial charge is 0.243 e. The van der Waals surface area contributed by atoms with Crippen LogP contribution in [0.25, 0.3) is 0 Å². The number of hydrogen-bond acceptors (Lipinski definition) is 3. The molecule has 2 heterocycles. The molecule has 0 radical (unpaired) electrons. The summed E-state index contributed by atoms with van der Waals surface area (Å²) < 4.78 is 27.7. The summed E-state index contributed by atoms with van der Waals surface area (Å²) in [6.45, 7) is 7.75. The topological polar surface area (TPSA) is 57.7 Å². The fraction of sp³-hybridized carbons (Fsp3) is 0.632. The average Bonchev–Trinajstić information content (AvgIpc) is 2.58. The van der Waals surface area contributed by atoms with Gasteiger partial charge in [0.2, 0.25) is 15.9 Å². The van der Waals surface area contributed by atoms with Crippen LogP contribution in [-0.4, -0.2) is 49.2 Å². The number of benzene rings is 1. The highest BCUT2D eigenvalue weighted by Crippen LogP contribution is 2.40. The number of carbonyl (C=O) groups is 1. The minimum Gasteiger partial charge on any atom is -0.340 e.